The Balaban J connectivity index is 1.32. The standard InChI is InChI=1S/C35H48N4O9/c40-31(24-29-15-13-28(14-16-29)11-5-4-10-27-8-2-1-3-9-27)39-48-34(43)17-19-37-35(44)30-12-6-7-18-36-32(41)25-46-22-20-45-21-23-47-26-33(42)38-30/h1-3,8-9,13-16,30H,4-7,10-12,17-26H2,(H,36,41)(H,37,44)(H,38,42)(H,39,40). The first kappa shape index (κ1) is 38.1. The Bertz CT molecular complexity index is 1270. The Kier molecular flexibility index (Phi) is 18.3. The summed E-state index contributed by atoms with van der Waals surface area (Å²) in [7, 11) is 0. The fourth-order valence-corrected chi connectivity index (χ4v) is 4.85. The van der Waals surface area contributed by atoms with E-state index in [0.717, 1.165) is 31.2 Å². The maximum Gasteiger partial charge on any atom is 0.334 e. The minimum atomic E-state index is -0.869. The molecule has 1 aliphatic rings. The van der Waals surface area contributed by atoms with Gasteiger partial charge in [0, 0.05) is 13.1 Å². The third-order valence-electron chi connectivity index (χ3n) is 7.42. The minimum Gasteiger partial charge on any atom is -0.377 e. The Hall–Kier alpha value is -4.33. The van der Waals surface area contributed by atoms with Crippen LogP contribution in [0.3, 0.4) is 0 Å². The Morgan fingerprint density at radius 3 is 2.10 bits per heavy atom. The number of carbonyl (C=O) groups excluding carboxylic acids is 5. The number of ether oxygens (including phenoxy) is 3. The lowest BCUT2D eigenvalue weighted by atomic mass is 10.0. The minimum absolute atomic E-state index is 0.0495. The SMILES string of the molecule is O=C1COCCOCCOCC(=O)NC(C(=O)NCCC(=O)ONC(=O)Cc2ccc(CCCCc3ccccc3)cc2)CCCCN1. The van der Waals surface area contributed by atoms with E-state index in [1.165, 1.54) is 11.1 Å². The maximum absolute atomic E-state index is 12.8. The van der Waals surface area contributed by atoms with Gasteiger partial charge in [-0.25, -0.2) is 4.79 Å². The largest absolute Gasteiger partial charge is 0.377 e. The smallest absolute Gasteiger partial charge is 0.334 e. The molecular weight excluding hydrogens is 620 g/mol. The van der Waals surface area contributed by atoms with E-state index in [1.807, 2.05) is 30.3 Å². The summed E-state index contributed by atoms with van der Waals surface area (Å²) in [5, 5.41) is 8.02. The predicted molar refractivity (Wildman–Crippen MR) is 176 cm³/mol. The van der Waals surface area contributed by atoms with Crippen molar-refractivity contribution in [3.05, 3.63) is 71.3 Å². The molecule has 0 bridgehead atoms. The summed E-state index contributed by atoms with van der Waals surface area (Å²) in [6.45, 7) is 0.985. The molecule has 1 unspecified atom stereocenters. The zero-order valence-corrected chi connectivity index (χ0v) is 27.5. The second-order valence-corrected chi connectivity index (χ2v) is 11.4. The summed E-state index contributed by atoms with van der Waals surface area (Å²) in [5.74, 6) is -2.39. The van der Waals surface area contributed by atoms with Gasteiger partial charge in [-0.15, -0.1) is 0 Å². The van der Waals surface area contributed by atoms with Crippen molar-refractivity contribution >= 4 is 29.6 Å². The van der Waals surface area contributed by atoms with Crippen LogP contribution >= 0.6 is 0 Å². The van der Waals surface area contributed by atoms with Gasteiger partial charge in [-0.1, -0.05) is 54.6 Å². The number of nitrogens with one attached hydrogen (secondary N) is 4. The van der Waals surface area contributed by atoms with E-state index in [2.05, 4.69) is 45.7 Å². The summed E-state index contributed by atoms with van der Waals surface area (Å²) < 4.78 is 15.9. The van der Waals surface area contributed by atoms with Crippen LogP contribution in [-0.2, 0) is 62.3 Å². The van der Waals surface area contributed by atoms with E-state index in [9.17, 15) is 24.0 Å². The molecule has 262 valence electrons. The van der Waals surface area contributed by atoms with Crippen molar-refractivity contribution in [2.24, 2.45) is 0 Å². The van der Waals surface area contributed by atoms with Crippen molar-refractivity contribution in [2.75, 3.05) is 52.7 Å². The fraction of sp³-hybridized carbons (Fsp3) is 0.514. The van der Waals surface area contributed by atoms with Gasteiger partial charge in [0.15, 0.2) is 0 Å². The van der Waals surface area contributed by atoms with Crippen molar-refractivity contribution in [1.29, 1.82) is 0 Å². The third-order valence-corrected chi connectivity index (χ3v) is 7.42. The molecule has 0 radical (unpaired) electrons. The molecule has 3 rings (SSSR count). The summed E-state index contributed by atoms with van der Waals surface area (Å²) in [6, 6.07) is 17.3. The van der Waals surface area contributed by atoms with Gasteiger partial charge in [-0.2, -0.15) is 5.48 Å². The van der Waals surface area contributed by atoms with Crippen molar-refractivity contribution < 1.29 is 43.0 Å². The van der Waals surface area contributed by atoms with Gasteiger partial charge in [0.1, 0.15) is 19.3 Å². The lowest BCUT2D eigenvalue weighted by molar-refractivity contribution is -0.158. The number of hydroxylamine groups is 1. The van der Waals surface area contributed by atoms with Gasteiger partial charge in [0.05, 0.1) is 39.3 Å². The molecule has 13 heteroatoms. The van der Waals surface area contributed by atoms with E-state index in [1.54, 1.807) is 0 Å². The number of hydrogen-bond acceptors (Lipinski definition) is 9. The highest BCUT2D eigenvalue weighted by Gasteiger charge is 2.21. The number of benzene rings is 2. The lowest BCUT2D eigenvalue weighted by Crippen LogP contribution is -2.48. The average Bonchev–Trinajstić information content (AvgIpc) is 3.08. The molecule has 2 aromatic rings. The van der Waals surface area contributed by atoms with Gasteiger partial charge >= 0.3 is 5.97 Å². The monoisotopic (exact) mass is 668 g/mol. The molecule has 0 spiro atoms. The van der Waals surface area contributed by atoms with Crippen LogP contribution in [0, 0.1) is 0 Å². The second kappa shape index (κ2) is 23.1. The Morgan fingerprint density at radius 1 is 0.771 bits per heavy atom. The number of rotatable bonds is 11. The zero-order chi connectivity index (χ0) is 34.2. The van der Waals surface area contributed by atoms with Crippen molar-refractivity contribution in [2.45, 2.75) is 63.8 Å². The van der Waals surface area contributed by atoms with E-state index >= 15 is 0 Å². The van der Waals surface area contributed by atoms with Crippen molar-refractivity contribution in [3.63, 3.8) is 0 Å². The summed E-state index contributed by atoms with van der Waals surface area (Å²) >= 11 is 0. The normalized spacial score (nSPS) is 17.1. The molecule has 1 saturated heterocycles. The second-order valence-electron chi connectivity index (χ2n) is 11.4. The molecule has 2 aromatic carbocycles. The highest BCUT2D eigenvalue weighted by Crippen LogP contribution is 2.11. The molecule has 1 heterocycles. The first-order valence-electron chi connectivity index (χ1n) is 16.6. The van der Waals surface area contributed by atoms with Crippen LogP contribution in [0.2, 0.25) is 0 Å². The van der Waals surface area contributed by atoms with Gasteiger partial charge in [-0.05, 0) is 61.6 Å². The molecule has 1 atom stereocenters. The Labute approximate surface area is 281 Å². The highest BCUT2D eigenvalue weighted by molar-refractivity contribution is 5.88. The molecule has 1 aliphatic heterocycles. The first-order valence-corrected chi connectivity index (χ1v) is 16.6. The van der Waals surface area contributed by atoms with Crippen LogP contribution in [0.5, 0.6) is 0 Å². The number of hydrogen-bond donors (Lipinski definition) is 4. The van der Waals surface area contributed by atoms with E-state index in [0.29, 0.717) is 25.8 Å². The van der Waals surface area contributed by atoms with E-state index < -0.39 is 29.7 Å². The summed E-state index contributed by atoms with van der Waals surface area (Å²) in [6.07, 6.45) is 5.47. The van der Waals surface area contributed by atoms with Crippen LogP contribution < -0.4 is 21.4 Å². The van der Waals surface area contributed by atoms with Crippen LogP contribution in [-0.4, -0.2) is 88.4 Å². The molecule has 4 N–H and O–H groups in total. The van der Waals surface area contributed by atoms with Crippen LogP contribution in [0.25, 0.3) is 0 Å². The highest BCUT2D eigenvalue weighted by atomic mass is 16.7. The molecular formula is C35H48N4O9. The number of amides is 4. The number of unbranched alkanes of at least 4 members (excludes halogenated alkanes) is 1. The number of carbonyl (C=O) groups is 5. The topological polar surface area (TPSA) is 170 Å². The van der Waals surface area contributed by atoms with Crippen molar-refractivity contribution in [3.8, 4) is 0 Å². The van der Waals surface area contributed by atoms with Crippen LogP contribution in [0.15, 0.2) is 54.6 Å². The molecule has 0 saturated carbocycles. The van der Waals surface area contributed by atoms with Gasteiger partial charge in [0.25, 0.3) is 5.91 Å². The Morgan fingerprint density at radius 2 is 1.40 bits per heavy atom. The average molecular weight is 669 g/mol. The summed E-state index contributed by atoms with van der Waals surface area (Å²) in [4.78, 5) is 66.4. The first-order chi connectivity index (χ1) is 23.4. The van der Waals surface area contributed by atoms with Gasteiger partial charge in [-0.3, -0.25) is 19.2 Å². The lowest BCUT2D eigenvalue weighted by Gasteiger charge is -2.19. The predicted octanol–water partition coefficient (Wildman–Crippen LogP) is 1.71. The third kappa shape index (κ3) is 17.0. The molecule has 0 aromatic heterocycles. The van der Waals surface area contributed by atoms with Gasteiger partial charge < -0.3 is 35.0 Å². The zero-order valence-electron chi connectivity index (χ0n) is 27.5. The molecule has 1 fully saturated rings. The van der Waals surface area contributed by atoms with Crippen LogP contribution in [0.1, 0.15) is 55.2 Å². The van der Waals surface area contributed by atoms with E-state index in [4.69, 9.17) is 19.0 Å². The van der Waals surface area contributed by atoms with Crippen molar-refractivity contribution in [1.82, 2.24) is 21.4 Å². The molecule has 4 amide bonds. The number of aryl methyl sites for hydroxylation is 2. The summed E-state index contributed by atoms with van der Waals surface area (Å²) in [5.41, 5.74) is 5.49. The van der Waals surface area contributed by atoms with E-state index in [-0.39, 0.29) is 64.9 Å². The molecule has 0 aliphatic carbocycles. The quantitative estimate of drug-likeness (QED) is 0.206. The fourth-order valence-electron chi connectivity index (χ4n) is 4.85. The molecule has 48 heavy (non-hydrogen) atoms. The van der Waals surface area contributed by atoms with Crippen LogP contribution in [0.4, 0.5) is 0 Å². The molecule has 13 nitrogen and oxygen atoms in total. The maximum atomic E-state index is 12.8. The van der Waals surface area contributed by atoms with Gasteiger partial charge in [0.2, 0.25) is 17.7 Å².